The second-order valence-electron chi connectivity index (χ2n) is 6.67. The van der Waals surface area contributed by atoms with Crippen LogP contribution in [0.25, 0.3) is 0 Å². The van der Waals surface area contributed by atoms with Gasteiger partial charge in [-0.15, -0.1) is 0 Å². The summed E-state index contributed by atoms with van der Waals surface area (Å²) in [6.07, 6.45) is 5.92. The number of nitrogens with one attached hydrogen (secondary N) is 1. The van der Waals surface area contributed by atoms with E-state index in [1.165, 1.54) is 19.0 Å². The number of ether oxygens (including phenoxy) is 1. The zero-order valence-electron chi connectivity index (χ0n) is 15.6. The molecule has 1 aliphatic rings. The third-order valence-electron chi connectivity index (χ3n) is 4.74. The van der Waals surface area contributed by atoms with Crippen LogP contribution in [0.4, 0.5) is 0 Å². The highest BCUT2D eigenvalue weighted by Crippen LogP contribution is 2.14. The predicted molar refractivity (Wildman–Crippen MR) is 103 cm³/mol. The van der Waals surface area contributed by atoms with Crippen LogP contribution in [0.5, 0.6) is 5.75 Å². The lowest BCUT2D eigenvalue weighted by Crippen LogP contribution is -2.32. The van der Waals surface area contributed by atoms with E-state index in [0.717, 1.165) is 37.2 Å². The molecular formula is C21H25N3O3. The summed E-state index contributed by atoms with van der Waals surface area (Å²) >= 11 is 0. The first kappa shape index (κ1) is 18.9. The van der Waals surface area contributed by atoms with Gasteiger partial charge in [0.2, 0.25) is 0 Å². The van der Waals surface area contributed by atoms with E-state index in [4.69, 9.17) is 4.74 Å². The molecule has 6 heteroatoms. The Balaban J connectivity index is 1.63. The van der Waals surface area contributed by atoms with Crippen molar-refractivity contribution in [1.82, 2.24) is 15.2 Å². The number of amides is 2. The molecule has 0 aliphatic carbocycles. The molecule has 1 aromatic heterocycles. The summed E-state index contributed by atoms with van der Waals surface area (Å²) in [5, 5.41) is 2.84. The Morgan fingerprint density at radius 1 is 1.07 bits per heavy atom. The van der Waals surface area contributed by atoms with Crippen molar-refractivity contribution < 1.29 is 14.3 Å². The Labute approximate surface area is 159 Å². The van der Waals surface area contributed by atoms with E-state index in [-0.39, 0.29) is 17.5 Å². The summed E-state index contributed by atoms with van der Waals surface area (Å²) in [4.78, 5) is 31.1. The van der Waals surface area contributed by atoms with Crippen molar-refractivity contribution >= 4 is 11.8 Å². The van der Waals surface area contributed by atoms with Crippen LogP contribution >= 0.6 is 0 Å². The average molecular weight is 367 g/mol. The second kappa shape index (κ2) is 9.16. The lowest BCUT2D eigenvalue weighted by atomic mass is 10.1. The number of aromatic nitrogens is 1. The molecule has 3 rings (SSSR count). The molecule has 2 aromatic rings. The van der Waals surface area contributed by atoms with Gasteiger partial charge in [-0.1, -0.05) is 25.0 Å². The molecule has 27 heavy (non-hydrogen) atoms. The van der Waals surface area contributed by atoms with Gasteiger partial charge in [-0.05, 0) is 42.7 Å². The van der Waals surface area contributed by atoms with Gasteiger partial charge < -0.3 is 15.0 Å². The lowest BCUT2D eigenvalue weighted by molar-refractivity contribution is 0.0761. The minimum Gasteiger partial charge on any atom is -0.497 e. The van der Waals surface area contributed by atoms with E-state index in [1.807, 2.05) is 29.2 Å². The summed E-state index contributed by atoms with van der Waals surface area (Å²) < 4.78 is 5.12. The molecule has 0 radical (unpaired) electrons. The standard InChI is InChI=1S/C21H25N3O3/c1-27-18-8-6-16(7-9-18)15-23-20(25)19-14-17(10-11-22-19)21(26)24-12-4-2-3-5-13-24/h6-11,14H,2-5,12-13,15H2,1H3,(H,23,25). The maximum absolute atomic E-state index is 12.7. The quantitative estimate of drug-likeness (QED) is 0.882. The van der Waals surface area contributed by atoms with Gasteiger partial charge in [0.1, 0.15) is 11.4 Å². The molecule has 0 saturated carbocycles. The summed E-state index contributed by atoms with van der Waals surface area (Å²) in [5.74, 6) is 0.450. The highest BCUT2D eigenvalue weighted by molar-refractivity contribution is 5.98. The van der Waals surface area contributed by atoms with Gasteiger partial charge in [-0.2, -0.15) is 0 Å². The highest BCUT2D eigenvalue weighted by Gasteiger charge is 2.19. The molecule has 0 spiro atoms. The number of rotatable bonds is 5. The number of benzene rings is 1. The van der Waals surface area contributed by atoms with Crippen molar-refractivity contribution in [3.8, 4) is 5.75 Å². The molecule has 0 bridgehead atoms. The van der Waals surface area contributed by atoms with Crippen molar-refractivity contribution in [3.63, 3.8) is 0 Å². The van der Waals surface area contributed by atoms with E-state index in [2.05, 4.69) is 10.3 Å². The van der Waals surface area contributed by atoms with Gasteiger partial charge >= 0.3 is 0 Å². The van der Waals surface area contributed by atoms with E-state index >= 15 is 0 Å². The Morgan fingerprint density at radius 2 is 1.78 bits per heavy atom. The summed E-state index contributed by atoms with van der Waals surface area (Å²) in [6, 6.07) is 10.7. The summed E-state index contributed by atoms with van der Waals surface area (Å²) in [6.45, 7) is 1.94. The van der Waals surface area contributed by atoms with Crippen LogP contribution in [-0.4, -0.2) is 41.9 Å². The maximum atomic E-state index is 12.7. The summed E-state index contributed by atoms with van der Waals surface area (Å²) in [7, 11) is 1.61. The zero-order chi connectivity index (χ0) is 19.1. The lowest BCUT2D eigenvalue weighted by Gasteiger charge is -2.20. The fraction of sp³-hybridized carbons (Fsp3) is 0.381. The number of nitrogens with zero attached hydrogens (tertiary/aromatic N) is 2. The van der Waals surface area contributed by atoms with Crippen LogP contribution in [0.1, 0.15) is 52.1 Å². The van der Waals surface area contributed by atoms with Crippen molar-refractivity contribution in [1.29, 1.82) is 0 Å². The number of carbonyl (C=O) groups excluding carboxylic acids is 2. The van der Waals surface area contributed by atoms with Crippen LogP contribution in [0.2, 0.25) is 0 Å². The number of carbonyl (C=O) groups is 2. The molecule has 6 nitrogen and oxygen atoms in total. The predicted octanol–water partition coefficient (Wildman–Crippen LogP) is 3.04. The van der Waals surface area contributed by atoms with E-state index in [9.17, 15) is 9.59 Å². The zero-order valence-corrected chi connectivity index (χ0v) is 15.6. The third kappa shape index (κ3) is 5.06. The highest BCUT2D eigenvalue weighted by atomic mass is 16.5. The Bertz CT molecular complexity index is 782. The first-order valence-electron chi connectivity index (χ1n) is 9.34. The number of likely N-dealkylation sites (tertiary alicyclic amines) is 1. The van der Waals surface area contributed by atoms with Crippen LogP contribution in [0.3, 0.4) is 0 Å². The van der Waals surface area contributed by atoms with Crippen LogP contribution in [0, 0.1) is 0 Å². The minimum absolute atomic E-state index is 0.0245. The second-order valence-corrected chi connectivity index (χ2v) is 6.67. The Hall–Kier alpha value is -2.89. The average Bonchev–Trinajstić information content (AvgIpc) is 3.01. The van der Waals surface area contributed by atoms with Crippen LogP contribution in [0.15, 0.2) is 42.6 Å². The first-order valence-corrected chi connectivity index (χ1v) is 9.34. The monoisotopic (exact) mass is 367 g/mol. The Morgan fingerprint density at radius 3 is 2.44 bits per heavy atom. The minimum atomic E-state index is -0.295. The topological polar surface area (TPSA) is 71.5 Å². The molecule has 1 fully saturated rings. The van der Waals surface area contributed by atoms with Gasteiger partial charge in [0.25, 0.3) is 11.8 Å². The number of hydrogen-bond acceptors (Lipinski definition) is 4. The maximum Gasteiger partial charge on any atom is 0.270 e. The fourth-order valence-electron chi connectivity index (χ4n) is 3.16. The molecule has 2 heterocycles. The van der Waals surface area contributed by atoms with Crippen molar-refractivity contribution in [3.05, 3.63) is 59.4 Å². The first-order chi connectivity index (χ1) is 13.2. The van der Waals surface area contributed by atoms with Crippen molar-refractivity contribution in [2.45, 2.75) is 32.2 Å². The molecule has 2 amide bonds. The van der Waals surface area contributed by atoms with E-state index in [0.29, 0.717) is 12.1 Å². The van der Waals surface area contributed by atoms with Gasteiger partial charge in [-0.3, -0.25) is 14.6 Å². The van der Waals surface area contributed by atoms with Gasteiger partial charge in [0, 0.05) is 31.4 Å². The molecule has 142 valence electrons. The van der Waals surface area contributed by atoms with Gasteiger partial charge in [0.05, 0.1) is 7.11 Å². The molecule has 1 aromatic carbocycles. The molecule has 0 unspecified atom stereocenters. The third-order valence-corrected chi connectivity index (χ3v) is 4.74. The van der Waals surface area contributed by atoms with Crippen molar-refractivity contribution in [2.24, 2.45) is 0 Å². The molecule has 1 aliphatic heterocycles. The molecule has 0 atom stereocenters. The van der Waals surface area contributed by atoms with Gasteiger partial charge in [-0.25, -0.2) is 0 Å². The number of hydrogen-bond donors (Lipinski definition) is 1. The van der Waals surface area contributed by atoms with E-state index < -0.39 is 0 Å². The normalized spacial score (nSPS) is 14.3. The number of methoxy groups -OCH3 is 1. The number of pyridine rings is 1. The van der Waals surface area contributed by atoms with Crippen molar-refractivity contribution in [2.75, 3.05) is 20.2 Å². The molecular weight excluding hydrogens is 342 g/mol. The molecule has 1 saturated heterocycles. The van der Waals surface area contributed by atoms with Crippen LogP contribution < -0.4 is 10.1 Å². The summed E-state index contributed by atoms with van der Waals surface area (Å²) in [5.41, 5.74) is 1.73. The largest absolute Gasteiger partial charge is 0.497 e. The van der Waals surface area contributed by atoms with Crippen LogP contribution in [-0.2, 0) is 6.54 Å². The SMILES string of the molecule is COc1ccc(CNC(=O)c2cc(C(=O)N3CCCCCC3)ccn2)cc1. The smallest absolute Gasteiger partial charge is 0.270 e. The van der Waals surface area contributed by atoms with Gasteiger partial charge in [0.15, 0.2) is 0 Å². The van der Waals surface area contributed by atoms with E-state index in [1.54, 1.807) is 19.2 Å². The molecule has 1 N–H and O–H groups in total. The fourth-order valence-corrected chi connectivity index (χ4v) is 3.16. The Kier molecular flexibility index (Phi) is 6.41.